The van der Waals surface area contributed by atoms with Gasteiger partial charge in [0.1, 0.15) is 0 Å². The summed E-state index contributed by atoms with van der Waals surface area (Å²) in [6.45, 7) is -0.456. The van der Waals surface area contributed by atoms with Crippen LogP contribution >= 0.6 is 46.1 Å². The number of carbonyl (C=O) groups is 2. The molecule has 1 heterocycles. The Balaban J connectivity index is 1.87. The van der Waals surface area contributed by atoms with Crippen LogP contribution in [-0.4, -0.2) is 18.5 Å². The number of ether oxygens (including phenoxy) is 1. The molecular weight excluding hydrogens is 381 g/mol. The fourth-order valence-electron chi connectivity index (χ4n) is 1.56. The van der Waals surface area contributed by atoms with Gasteiger partial charge in [0.05, 0.1) is 15.7 Å². The van der Waals surface area contributed by atoms with Crippen LogP contribution in [0.4, 0.5) is 5.69 Å². The van der Waals surface area contributed by atoms with Crippen molar-refractivity contribution in [2.24, 2.45) is 0 Å². The molecule has 1 aromatic heterocycles. The Hall–Kier alpha value is -1.53. The van der Waals surface area contributed by atoms with Crippen LogP contribution in [0.5, 0.6) is 0 Å². The minimum absolute atomic E-state index is 0.194. The van der Waals surface area contributed by atoms with Crippen molar-refractivity contribution in [1.29, 1.82) is 0 Å². The normalized spacial score (nSPS) is 10.7. The van der Waals surface area contributed by atoms with Gasteiger partial charge < -0.3 is 10.1 Å². The molecule has 4 nitrogen and oxygen atoms in total. The van der Waals surface area contributed by atoms with Crippen LogP contribution in [0.15, 0.2) is 35.0 Å². The highest BCUT2D eigenvalue weighted by Gasteiger charge is 2.12. The summed E-state index contributed by atoms with van der Waals surface area (Å²) in [4.78, 5) is 23.3. The molecule has 0 saturated heterocycles. The average molecular weight is 391 g/mol. The topological polar surface area (TPSA) is 55.4 Å². The zero-order valence-electron chi connectivity index (χ0n) is 11.5. The van der Waals surface area contributed by atoms with Crippen LogP contribution in [0.25, 0.3) is 6.08 Å². The third kappa shape index (κ3) is 5.55. The van der Waals surface area contributed by atoms with E-state index in [1.165, 1.54) is 29.5 Å². The molecule has 0 saturated carbocycles. The molecule has 0 aliphatic rings. The van der Waals surface area contributed by atoms with E-state index in [0.717, 1.165) is 5.56 Å². The van der Waals surface area contributed by atoms with E-state index in [9.17, 15) is 9.59 Å². The second kappa shape index (κ2) is 8.36. The zero-order valence-corrected chi connectivity index (χ0v) is 14.6. The van der Waals surface area contributed by atoms with Crippen molar-refractivity contribution < 1.29 is 14.3 Å². The lowest BCUT2D eigenvalue weighted by atomic mass is 10.3. The number of halogens is 3. The molecule has 0 unspecified atom stereocenters. The SMILES string of the molecule is O=C(COC(=O)/C=C/c1ccsc1)Nc1c(Cl)cc(Cl)cc1Cl. The van der Waals surface area contributed by atoms with E-state index in [4.69, 9.17) is 39.5 Å². The van der Waals surface area contributed by atoms with E-state index in [1.54, 1.807) is 6.08 Å². The Morgan fingerprint density at radius 3 is 2.52 bits per heavy atom. The first-order valence-electron chi connectivity index (χ1n) is 6.27. The molecule has 23 heavy (non-hydrogen) atoms. The number of carbonyl (C=O) groups excluding carboxylic acids is 2. The summed E-state index contributed by atoms with van der Waals surface area (Å²) < 4.78 is 4.83. The van der Waals surface area contributed by atoms with Gasteiger partial charge in [-0.3, -0.25) is 4.79 Å². The van der Waals surface area contributed by atoms with Crippen LogP contribution in [0, 0.1) is 0 Å². The molecule has 1 aromatic carbocycles. The maximum absolute atomic E-state index is 11.8. The molecule has 8 heteroatoms. The summed E-state index contributed by atoms with van der Waals surface area (Å²) in [6.07, 6.45) is 2.85. The fourth-order valence-corrected chi connectivity index (χ4v) is 3.10. The van der Waals surface area contributed by atoms with Crippen LogP contribution < -0.4 is 5.32 Å². The Labute approximate surface area is 151 Å². The van der Waals surface area contributed by atoms with Gasteiger partial charge in [0.2, 0.25) is 0 Å². The highest BCUT2D eigenvalue weighted by atomic mass is 35.5. The van der Waals surface area contributed by atoms with Crippen molar-refractivity contribution in [1.82, 2.24) is 0 Å². The first-order valence-corrected chi connectivity index (χ1v) is 8.35. The Bertz CT molecular complexity index is 721. The van der Waals surface area contributed by atoms with Gasteiger partial charge in [-0.1, -0.05) is 34.8 Å². The van der Waals surface area contributed by atoms with E-state index >= 15 is 0 Å². The van der Waals surface area contributed by atoms with Gasteiger partial charge in [-0.15, -0.1) is 0 Å². The number of thiophene rings is 1. The molecule has 2 rings (SSSR count). The minimum Gasteiger partial charge on any atom is -0.452 e. The number of amides is 1. The summed E-state index contributed by atoms with van der Waals surface area (Å²) in [5.41, 5.74) is 1.10. The number of esters is 1. The Kier molecular flexibility index (Phi) is 6.47. The van der Waals surface area contributed by atoms with Gasteiger partial charge in [0.25, 0.3) is 5.91 Å². The van der Waals surface area contributed by atoms with E-state index in [0.29, 0.717) is 5.02 Å². The maximum Gasteiger partial charge on any atom is 0.331 e. The summed E-state index contributed by atoms with van der Waals surface area (Å²) >= 11 is 19.2. The van der Waals surface area contributed by atoms with Gasteiger partial charge in [0, 0.05) is 11.1 Å². The summed E-state index contributed by atoms with van der Waals surface area (Å²) in [6, 6.07) is 4.74. The molecule has 0 aliphatic carbocycles. The molecule has 0 spiro atoms. The monoisotopic (exact) mass is 389 g/mol. The highest BCUT2D eigenvalue weighted by Crippen LogP contribution is 2.33. The van der Waals surface area contributed by atoms with Crippen molar-refractivity contribution in [3.8, 4) is 0 Å². The maximum atomic E-state index is 11.8. The third-order valence-electron chi connectivity index (χ3n) is 2.57. The first kappa shape index (κ1) is 17.8. The largest absolute Gasteiger partial charge is 0.452 e. The lowest BCUT2D eigenvalue weighted by molar-refractivity contribution is -0.142. The Morgan fingerprint density at radius 2 is 1.91 bits per heavy atom. The number of rotatable bonds is 5. The van der Waals surface area contributed by atoms with Crippen LogP contribution in [0.3, 0.4) is 0 Å². The first-order chi connectivity index (χ1) is 11.0. The quantitative estimate of drug-likeness (QED) is 0.583. The third-order valence-corrected chi connectivity index (χ3v) is 4.09. The van der Waals surface area contributed by atoms with Crippen molar-refractivity contribution >= 4 is 69.8 Å². The second-order valence-electron chi connectivity index (χ2n) is 4.29. The van der Waals surface area contributed by atoms with E-state index in [1.807, 2.05) is 16.8 Å². The smallest absolute Gasteiger partial charge is 0.331 e. The van der Waals surface area contributed by atoms with Crippen LogP contribution in [-0.2, 0) is 14.3 Å². The number of anilines is 1. The standard InChI is InChI=1S/C15H10Cl3NO3S/c16-10-5-11(17)15(12(18)6-10)19-13(20)7-22-14(21)2-1-9-3-4-23-8-9/h1-6,8H,7H2,(H,19,20)/b2-1+. The lowest BCUT2D eigenvalue weighted by Gasteiger charge is -2.09. The molecule has 2 aromatic rings. The highest BCUT2D eigenvalue weighted by molar-refractivity contribution is 7.08. The number of benzene rings is 1. The van der Waals surface area contributed by atoms with Crippen molar-refractivity contribution in [3.05, 3.63) is 55.7 Å². The number of hydrogen-bond donors (Lipinski definition) is 1. The summed E-state index contributed by atoms with van der Waals surface area (Å²) in [5, 5.41) is 6.97. The fraction of sp³-hybridized carbons (Fsp3) is 0.0667. The molecule has 1 N–H and O–H groups in total. The Morgan fingerprint density at radius 1 is 1.22 bits per heavy atom. The minimum atomic E-state index is -0.625. The number of hydrogen-bond acceptors (Lipinski definition) is 4. The van der Waals surface area contributed by atoms with Crippen LogP contribution in [0.1, 0.15) is 5.56 Å². The molecule has 0 atom stereocenters. The van der Waals surface area contributed by atoms with Crippen molar-refractivity contribution in [2.75, 3.05) is 11.9 Å². The van der Waals surface area contributed by atoms with E-state index in [2.05, 4.69) is 5.32 Å². The predicted octanol–water partition coefficient (Wildman–Crippen LogP) is 4.90. The second-order valence-corrected chi connectivity index (χ2v) is 6.32. The molecule has 0 bridgehead atoms. The van der Waals surface area contributed by atoms with Gasteiger partial charge in [-0.25, -0.2) is 4.79 Å². The van der Waals surface area contributed by atoms with Crippen LogP contribution in [0.2, 0.25) is 15.1 Å². The molecule has 0 radical (unpaired) electrons. The van der Waals surface area contributed by atoms with E-state index in [-0.39, 0.29) is 15.7 Å². The lowest BCUT2D eigenvalue weighted by Crippen LogP contribution is -2.20. The predicted molar refractivity (Wildman–Crippen MR) is 94.4 cm³/mol. The van der Waals surface area contributed by atoms with Gasteiger partial charge in [-0.2, -0.15) is 11.3 Å². The average Bonchev–Trinajstić information content (AvgIpc) is 3.00. The number of nitrogens with one attached hydrogen (secondary N) is 1. The molecule has 120 valence electrons. The van der Waals surface area contributed by atoms with Gasteiger partial charge in [0.15, 0.2) is 6.61 Å². The van der Waals surface area contributed by atoms with Gasteiger partial charge in [-0.05, 0) is 40.6 Å². The van der Waals surface area contributed by atoms with Crippen molar-refractivity contribution in [3.63, 3.8) is 0 Å². The van der Waals surface area contributed by atoms with Crippen molar-refractivity contribution in [2.45, 2.75) is 0 Å². The molecule has 0 fully saturated rings. The summed E-state index contributed by atoms with van der Waals surface area (Å²) in [7, 11) is 0. The summed E-state index contributed by atoms with van der Waals surface area (Å²) in [5.74, 6) is -1.19. The molecule has 1 amide bonds. The zero-order chi connectivity index (χ0) is 16.8. The van der Waals surface area contributed by atoms with E-state index < -0.39 is 18.5 Å². The molecule has 0 aliphatic heterocycles. The molecular formula is C15H10Cl3NO3S. The van der Waals surface area contributed by atoms with Gasteiger partial charge >= 0.3 is 5.97 Å².